The molecule has 1 fully saturated rings. The van der Waals surface area contributed by atoms with E-state index in [9.17, 15) is 4.79 Å². The van der Waals surface area contributed by atoms with Gasteiger partial charge in [0.2, 0.25) is 5.91 Å². The Morgan fingerprint density at radius 2 is 2.16 bits per heavy atom. The van der Waals surface area contributed by atoms with E-state index in [0.717, 1.165) is 12.2 Å². The number of aryl methyl sites for hydroxylation is 1. The fourth-order valence-electron chi connectivity index (χ4n) is 2.18. The van der Waals surface area contributed by atoms with Crippen LogP contribution in [0, 0.1) is 0 Å². The highest BCUT2D eigenvalue weighted by Gasteiger charge is 2.34. The molecule has 0 radical (unpaired) electrons. The summed E-state index contributed by atoms with van der Waals surface area (Å²) < 4.78 is 5.95. The molecular formula is C15H22N2O2. The number of hydrogen-bond acceptors (Lipinski definition) is 3. The number of carbonyl (C=O) groups is 1. The third-order valence-corrected chi connectivity index (χ3v) is 3.61. The first-order valence-electron chi connectivity index (χ1n) is 6.86. The van der Waals surface area contributed by atoms with Crippen LogP contribution in [0.3, 0.4) is 0 Å². The van der Waals surface area contributed by atoms with E-state index < -0.39 is 0 Å². The molecule has 2 rings (SSSR count). The highest BCUT2D eigenvalue weighted by molar-refractivity contribution is 5.82. The van der Waals surface area contributed by atoms with Gasteiger partial charge in [-0.2, -0.15) is 0 Å². The summed E-state index contributed by atoms with van der Waals surface area (Å²) >= 11 is 0. The Hall–Kier alpha value is -1.55. The molecule has 1 aromatic carbocycles. The molecule has 0 unspecified atom stereocenters. The van der Waals surface area contributed by atoms with E-state index in [1.807, 2.05) is 30.0 Å². The number of likely N-dealkylation sites (N-methyl/N-ethyl adjacent to an activating group) is 1. The summed E-state index contributed by atoms with van der Waals surface area (Å²) in [5, 5.41) is 2.96. The van der Waals surface area contributed by atoms with E-state index in [4.69, 9.17) is 4.74 Å². The molecule has 1 aliphatic rings. The number of amides is 1. The van der Waals surface area contributed by atoms with Crippen LogP contribution in [0.25, 0.3) is 0 Å². The lowest BCUT2D eigenvalue weighted by molar-refractivity contribution is -0.141. The Bertz CT molecular complexity index is 442. The molecule has 1 atom stereocenters. The number of carbonyl (C=O) groups excluding carboxylic acids is 1. The van der Waals surface area contributed by atoms with Gasteiger partial charge in [-0.3, -0.25) is 4.79 Å². The van der Waals surface area contributed by atoms with Crippen molar-refractivity contribution in [2.24, 2.45) is 0 Å². The lowest BCUT2D eigenvalue weighted by atomic mass is 10.1. The molecule has 0 aliphatic carbocycles. The highest BCUT2D eigenvalue weighted by Crippen LogP contribution is 2.23. The van der Waals surface area contributed by atoms with Gasteiger partial charge in [0.05, 0.1) is 19.1 Å². The third kappa shape index (κ3) is 3.07. The van der Waals surface area contributed by atoms with Gasteiger partial charge < -0.3 is 15.0 Å². The Balaban J connectivity index is 1.86. The normalized spacial score (nSPS) is 16.9. The largest absolute Gasteiger partial charge is 0.486 e. The molecule has 1 aliphatic heterocycles. The summed E-state index contributed by atoms with van der Waals surface area (Å²) in [5.74, 6) is 1.09. The van der Waals surface area contributed by atoms with Gasteiger partial charge in [0.25, 0.3) is 0 Å². The minimum absolute atomic E-state index is 0.121. The summed E-state index contributed by atoms with van der Waals surface area (Å²) in [6, 6.07) is 7.97. The molecular weight excluding hydrogens is 240 g/mol. The van der Waals surface area contributed by atoms with Gasteiger partial charge >= 0.3 is 0 Å². The molecule has 104 valence electrons. The lowest BCUT2D eigenvalue weighted by Crippen LogP contribution is -2.59. The quantitative estimate of drug-likeness (QED) is 0.873. The van der Waals surface area contributed by atoms with Gasteiger partial charge in [-0.1, -0.05) is 25.1 Å². The van der Waals surface area contributed by atoms with Crippen molar-refractivity contribution in [3.8, 4) is 5.75 Å². The second-order valence-electron chi connectivity index (χ2n) is 4.95. The average molecular weight is 262 g/mol. The average Bonchev–Trinajstić information content (AvgIpc) is 2.41. The minimum Gasteiger partial charge on any atom is -0.486 e. The molecule has 0 spiro atoms. The predicted octanol–water partition coefficient (Wildman–Crippen LogP) is 1.45. The summed E-state index contributed by atoms with van der Waals surface area (Å²) in [6.45, 7) is 5.36. The third-order valence-electron chi connectivity index (χ3n) is 3.61. The van der Waals surface area contributed by atoms with Crippen molar-refractivity contribution in [3.05, 3.63) is 29.8 Å². The van der Waals surface area contributed by atoms with Crippen LogP contribution in [0.5, 0.6) is 5.75 Å². The Labute approximate surface area is 114 Å². The SMILES string of the molecule is CCc1ccccc1OC1CN(C(=O)[C@H](C)NC)C1. The van der Waals surface area contributed by atoms with Crippen LogP contribution >= 0.6 is 0 Å². The topological polar surface area (TPSA) is 41.6 Å². The Morgan fingerprint density at radius 3 is 2.79 bits per heavy atom. The van der Waals surface area contributed by atoms with E-state index in [1.165, 1.54) is 5.56 Å². The fourth-order valence-corrected chi connectivity index (χ4v) is 2.18. The van der Waals surface area contributed by atoms with E-state index in [1.54, 1.807) is 7.05 Å². The number of para-hydroxylation sites is 1. The van der Waals surface area contributed by atoms with Gasteiger partial charge in [-0.25, -0.2) is 0 Å². The molecule has 19 heavy (non-hydrogen) atoms. The van der Waals surface area contributed by atoms with Gasteiger partial charge in [0, 0.05) is 0 Å². The molecule has 1 aromatic rings. The van der Waals surface area contributed by atoms with Crippen LogP contribution in [-0.2, 0) is 11.2 Å². The number of benzene rings is 1. The number of likely N-dealkylation sites (tertiary alicyclic amines) is 1. The fraction of sp³-hybridized carbons (Fsp3) is 0.533. The van der Waals surface area contributed by atoms with Crippen molar-refractivity contribution in [1.82, 2.24) is 10.2 Å². The standard InChI is InChI=1S/C15H22N2O2/c1-4-12-7-5-6-8-14(12)19-13-9-17(10-13)15(18)11(2)16-3/h5-8,11,13,16H,4,9-10H2,1-3H3/t11-/m0/s1. The monoisotopic (exact) mass is 262 g/mol. The molecule has 0 saturated carbocycles. The van der Waals surface area contributed by atoms with Crippen molar-refractivity contribution in [1.29, 1.82) is 0 Å². The summed E-state index contributed by atoms with van der Waals surface area (Å²) in [6.07, 6.45) is 1.09. The van der Waals surface area contributed by atoms with Crippen LogP contribution in [-0.4, -0.2) is 43.1 Å². The zero-order valence-corrected chi connectivity index (χ0v) is 11.8. The number of nitrogens with one attached hydrogen (secondary N) is 1. The highest BCUT2D eigenvalue weighted by atomic mass is 16.5. The zero-order valence-electron chi connectivity index (χ0n) is 11.8. The summed E-state index contributed by atoms with van der Waals surface area (Å²) in [4.78, 5) is 13.7. The van der Waals surface area contributed by atoms with Gasteiger partial charge in [0.1, 0.15) is 11.9 Å². The van der Waals surface area contributed by atoms with E-state index in [2.05, 4.69) is 18.3 Å². The summed E-state index contributed by atoms with van der Waals surface area (Å²) in [5.41, 5.74) is 1.22. The maximum absolute atomic E-state index is 11.9. The van der Waals surface area contributed by atoms with Gasteiger partial charge in [0.15, 0.2) is 0 Å². The predicted molar refractivity (Wildman–Crippen MR) is 75.3 cm³/mol. The Morgan fingerprint density at radius 1 is 1.47 bits per heavy atom. The molecule has 4 nitrogen and oxygen atoms in total. The van der Waals surface area contributed by atoms with Crippen molar-refractivity contribution >= 4 is 5.91 Å². The van der Waals surface area contributed by atoms with Crippen LogP contribution in [0.1, 0.15) is 19.4 Å². The molecule has 1 heterocycles. The lowest BCUT2D eigenvalue weighted by Gasteiger charge is -2.40. The first-order valence-corrected chi connectivity index (χ1v) is 6.86. The van der Waals surface area contributed by atoms with E-state index in [0.29, 0.717) is 13.1 Å². The first-order chi connectivity index (χ1) is 9.15. The zero-order chi connectivity index (χ0) is 13.8. The minimum atomic E-state index is -0.121. The number of ether oxygens (including phenoxy) is 1. The molecule has 1 amide bonds. The number of hydrogen-bond donors (Lipinski definition) is 1. The maximum Gasteiger partial charge on any atom is 0.239 e. The maximum atomic E-state index is 11.9. The first kappa shape index (κ1) is 13.9. The summed E-state index contributed by atoms with van der Waals surface area (Å²) in [7, 11) is 1.80. The number of rotatable bonds is 5. The van der Waals surface area contributed by atoms with E-state index in [-0.39, 0.29) is 18.1 Å². The molecule has 0 bridgehead atoms. The van der Waals surface area contributed by atoms with Gasteiger partial charge in [-0.05, 0) is 32.0 Å². The van der Waals surface area contributed by atoms with Crippen LogP contribution in [0.2, 0.25) is 0 Å². The molecule has 4 heteroatoms. The van der Waals surface area contributed by atoms with Crippen molar-refractivity contribution in [3.63, 3.8) is 0 Å². The Kier molecular flexibility index (Phi) is 4.43. The van der Waals surface area contributed by atoms with Crippen molar-refractivity contribution in [2.75, 3.05) is 20.1 Å². The van der Waals surface area contributed by atoms with E-state index >= 15 is 0 Å². The second-order valence-corrected chi connectivity index (χ2v) is 4.95. The number of nitrogens with zero attached hydrogens (tertiary/aromatic N) is 1. The van der Waals surface area contributed by atoms with Crippen LogP contribution in [0.4, 0.5) is 0 Å². The smallest absolute Gasteiger partial charge is 0.239 e. The van der Waals surface area contributed by atoms with Crippen molar-refractivity contribution < 1.29 is 9.53 Å². The van der Waals surface area contributed by atoms with Crippen molar-refractivity contribution in [2.45, 2.75) is 32.4 Å². The van der Waals surface area contributed by atoms with Crippen LogP contribution in [0.15, 0.2) is 24.3 Å². The second kappa shape index (κ2) is 6.06. The molecule has 1 N–H and O–H groups in total. The van der Waals surface area contributed by atoms with Gasteiger partial charge in [-0.15, -0.1) is 0 Å². The molecule has 0 aromatic heterocycles. The van der Waals surface area contributed by atoms with Crippen LogP contribution < -0.4 is 10.1 Å². The molecule has 1 saturated heterocycles.